The number of piperazine rings is 1. The number of alkyl halides is 3. The number of ether oxygens (including phenoxy) is 1. The number of carbonyl (C=O) groups is 1. The van der Waals surface area contributed by atoms with Crippen LogP contribution in [0, 0.1) is 0 Å². The lowest BCUT2D eigenvalue weighted by molar-refractivity contribution is -0.130. The van der Waals surface area contributed by atoms with Gasteiger partial charge in [0.1, 0.15) is 11.4 Å². The average Bonchev–Trinajstić information content (AvgIpc) is 3.06. The number of rotatable bonds is 8. The quantitative estimate of drug-likeness (QED) is 0.418. The van der Waals surface area contributed by atoms with Gasteiger partial charge in [0.2, 0.25) is 5.91 Å². The van der Waals surface area contributed by atoms with Gasteiger partial charge in [-0.2, -0.15) is 13.2 Å². The molecule has 0 bridgehead atoms. The third-order valence-corrected chi connectivity index (χ3v) is 7.58. The minimum Gasteiger partial charge on any atom is -0.379 e. The third-order valence-electron chi connectivity index (χ3n) is 7.58. The molecule has 1 unspecified atom stereocenters. The molecule has 1 atom stereocenters. The van der Waals surface area contributed by atoms with Gasteiger partial charge in [0.05, 0.1) is 19.6 Å². The maximum Gasteiger partial charge on any atom is 0.421 e. The number of nitrogens with zero attached hydrogens (tertiary/aromatic N) is 4. The molecule has 0 aromatic heterocycles. The molecule has 4 rings (SSSR count). The van der Waals surface area contributed by atoms with Crippen LogP contribution >= 0.6 is 0 Å². The first-order chi connectivity index (χ1) is 17.3. The molecule has 0 spiro atoms. The molecule has 1 saturated carbocycles. The summed E-state index contributed by atoms with van der Waals surface area (Å²) < 4.78 is 46.1. The topological polar surface area (TPSA) is 84.5 Å². The molecule has 0 radical (unpaired) electrons. The van der Waals surface area contributed by atoms with Gasteiger partial charge in [-0.15, -0.1) is 0 Å². The summed E-state index contributed by atoms with van der Waals surface area (Å²) >= 11 is 0. The number of carbonyl (C=O) groups excluding carboxylic acids is 1. The fourth-order valence-electron chi connectivity index (χ4n) is 5.37. The van der Waals surface area contributed by atoms with E-state index in [0.29, 0.717) is 51.7 Å². The summed E-state index contributed by atoms with van der Waals surface area (Å²) in [6.07, 6.45) is 0.832. The predicted molar refractivity (Wildman–Crippen MR) is 131 cm³/mol. The summed E-state index contributed by atoms with van der Waals surface area (Å²) in [7, 11) is 2.16. The van der Waals surface area contributed by atoms with E-state index in [1.54, 1.807) is 4.90 Å². The molecule has 9 nitrogen and oxygen atoms in total. The highest BCUT2D eigenvalue weighted by molar-refractivity contribution is 5.82. The second-order valence-electron chi connectivity index (χ2n) is 10.1. The maximum atomic E-state index is 13.6. The summed E-state index contributed by atoms with van der Waals surface area (Å²) in [5, 5.41) is 9.22. The summed E-state index contributed by atoms with van der Waals surface area (Å²) in [6.45, 7) is 6.63. The van der Waals surface area contributed by atoms with E-state index in [1.165, 1.54) is 0 Å². The molecule has 0 aromatic rings. The van der Waals surface area contributed by atoms with Gasteiger partial charge in [0, 0.05) is 64.1 Å². The molecular weight excluding hydrogens is 475 g/mol. The minimum atomic E-state index is -4.51. The van der Waals surface area contributed by atoms with Crippen LogP contribution < -0.4 is 16.0 Å². The van der Waals surface area contributed by atoms with Crippen molar-refractivity contribution in [1.29, 1.82) is 0 Å². The van der Waals surface area contributed by atoms with Crippen LogP contribution in [0.4, 0.5) is 13.2 Å². The Morgan fingerprint density at radius 3 is 2.58 bits per heavy atom. The van der Waals surface area contributed by atoms with E-state index in [-0.39, 0.29) is 17.8 Å². The van der Waals surface area contributed by atoms with Gasteiger partial charge in [-0.25, -0.2) is 0 Å². The number of allylic oxidation sites excluding steroid dienone is 1. The molecule has 2 saturated heterocycles. The molecule has 36 heavy (non-hydrogen) atoms. The number of nitrogens with one attached hydrogen (secondary N) is 3. The zero-order chi connectivity index (χ0) is 25.5. The van der Waals surface area contributed by atoms with Gasteiger partial charge in [0.25, 0.3) is 0 Å². The molecule has 1 aliphatic carbocycles. The van der Waals surface area contributed by atoms with E-state index in [9.17, 15) is 18.0 Å². The second-order valence-corrected chi connectivity index (χ2v) is 10.1. The second kappa shape index (κ2) is 12.6. The molecule has 3 aliphatic heterocycles. The monoisotopic (exact) mass is 515 g/mol. The van der Waals surface area contributed by atoms with Gasteiger partial charge >= 0.3 is 6.18 Å². The molecule has 12 heteroatoms. The van der Waals surface area contributed by atoms with Crippen molar-refractivity contribution in [2.24, 2.45) is 4.99 Å². The van der Waals surface area contributed by atoms with Crippen molar-refractivity contribution in [2.45, 2.75) is 63.1 Å². The van der Waals surface area contributed by atoms with Crippen LogP contribution in [-0.4, -0.2) is 117 Å². The van der Waals surface area contributed by atoms with Crippen LogP contribution in [0.1, 0.15) is 38.5 Å². The third kappa shape index (κ3) is 7.56. The molecule has 0 aromatic carbocycles. The van der Waals surface area contributed by atoms with Crippen molar-refractivity contribution in [2.75, 3.05) is 66.1 Å². The Bertz CT molecular complexity index is 791. The van der Waals surface area contributed by atoms with Crippen molar-refractivity contribution in [3.05, 3.63) is 11.4 Å². The lowest BCUT2D eigenvalue weighted by Crippen LogP contribution is -2.54. The van der Waals surface area contributed by atoms with Crippen LogP contribution in [-0.2, 0) is 9.53 Å². The van der Waals surface area contributed by atoms with Crippen molar-refractivity contribution in [3.63, 3.8) is 0 Å². The molecule has 3 N–H and O–H groups in total. The number of halogens is 3. The summed E-state index contributed by atoms with van der Waals surface area (Å²) in [5.74, 6) is -0.0381. The largest absolute Gasteiger partial charge is 0.421 e. The van der Waals surface area contributed by atoms with Gasteiger partial charge in [0.15, 0.2) is 6.29 Å². The van der Waals surface area contributed by atoms with Crippen molar-refractivity contribution in [3.8, 4) is 0 Å². The highest BCUT2D eigenvalue weighted by Crippen LogP contribution is 2.28. The predicted octanol–water partition coefficient (Wildman–Crippen LogP) is 1.09. The number of hydrogen-bond donors (Lipinski definition) is 3. The summed E-state index contributed by atoms with van der Waals surface area (Å²) in [4.78, 5) is 22.8. The van der Waals surface area contributed by atoms with E-state index in [4.69, 9.17) is 4.74 Å². The smallest absolute Gasteiger partial charge is 0.379 e. The fraction of sp³-hybridized carbons (Fsp3) is 0.833. The fourth-order valence-corrected chi connectivity index (χ4v) is 5.37. The van der Waals surface area contributed by atoms with Crippen molar-refractivity contribution >= 4 is 12.1 Å². The highest BCUT2D eigenvalue weighted by Gasteiger charge is 2.38. The Balaban J connectivity index is 1.24. The van der Waals surface area contributed by atoms with Crippen molar-refractivity contribution in [1.82, 2.24) is 30.7 Å². The molecule has 3 fully saturated rings. The van der Waals surface area contributed by atoms with E-state index >= 15 is 0 Å². The van der Waals surface area contributed by atoms with Crippen LogP contribution in [0.25, 0.3) is 0 Å². The first-order valence-electron chi connectivity index (χ1n) is 13.2. The molecular formula is C24H40F3N7O2. The van der Waals surface area contributed by atoms with E-state index < -0.39 is 18.0 Å². The summed E-state index contributed by atoms with van der Waals surface area (Å²) in [6, 6.07) is 0.810. The maximum absolute atomic E-state index is 13.6. The number of likely N-dealkylation sites (N-methyl/N-ethyl adjacent to an activating group) is 1. The highest BCUT2D eigenvalue weighted by atomic mass is 19.4. The molecule has 3 heterocycles. The SMILES string of the molecule is CN1CCN(C2CCC(NC3N=CC(C(F)(F)F)=C(NCCCN4CCOCCC4=O)N3)CC2)CC1. The Morgan fingerprint density at radius 1 is 1.11 bits per heavy atom. The van der Waals surface area contributed by atoms with Crippen LogP contribution in [0.3, 0.4) is 0 Å². The normalized spacial score (nSPS) is 29.3. The van der Waals surface area contributed by atoms with Gasteiger partial charge < -0.3 is 25.2 Å². The lowest BCUT2D eigenvalue weighted by atomic mass is 9.90. The van der Waals surface area contributed by atoms with E-state index in [2.05, 4.69) is 37.8 Å². The van der Waals surface area contributed by atoms with Crippen LogP contribution in [0.5, 0.6) is 0 Å². The van der Waals surface area contributed by atoms with Crippen LogP contribution in [0.2, 0.25) is 0 Å². The van der Waals surface area contributed by atoms with Gasteiger partial charge in [-0.3, -0.25) is 20.0 Å². The van der Waals surface area contributed by atoms with Gasteiger partial charge in [-0.1, -0.05) is 0 Å². The molecule has 1 amide bonds. The number of aliphatic imine (C=N–C) groups is 1. The Labute approximate surface area is 211 Å². The summed E-state index contributed by atoms with van der Waals surface area (Å²) in [5.41, 5.74) is -0.807. The number of amides is 1. The van der Waals surface area contributed by atoms with Crippen molar-refractivity contribution < 1.29 is 22.7 Å². The van der Waals surface area contributed by atoms with Crippen LogP contribution in [0.15, 0.2) is 16.4 Å². The molecule has 4 aliphatic rings. The van der Waals surface area contributed by atoms with E-state index in [1.807, 2.05) is 0 Å². The first-order valence-corrected chi connectivity index (χ1v) is 13.2. The Morgan fingerprint density at radius 2 is 1.86 bits per heavy atom. The zero-order valence-electron chi connectivity index (χ0n) is 21.2. The zero-order valence-corrected chi connectivity index (χ0v) is 21.2. The van der Waals surface area contributed by atoms with E-state index in [0.717, 1.165) is 58.1 Å². The Kier molecular flexibility index (Phi) is 9.48. The Hall–Kier alpha value is -1.89. The average molecular weight is 516 g/mol. The minimum absolute atomic E-state index is 0.0252. The first kappa shape index (κ1) is 27.2. The standard InChI is InChI=1S/C24H40F3N7O2/c1-32-10-12-33(13-11-32)19-5-3-18(4-6-19)30-23-29-17-20(24(25,26)27)22(31-23)28-8-2-9-34-14-16-36-15-7-21(34)35/h17-19,23,28,30-31H,2-16H2,1H3. The van der Waals surface area contributed by atoms with Gasteiger partial charge in [-0.05, 0) is 39.2 Å². The molecule has 204 valence electrons. The number of hydrogen-bond acceptors (Lipinski definition) is 8. The lowest BCUT2D eigenvalue weighted by Gasteiger charge is -2.41.